The molecule has 3 aromatic rings. The van der Waals surface area contributed by atoms with Gasteiger partial charge in [-0.2, -0.15) is 0 Å². The van der Waals surface area contributed by atoms with Crippen molar-refractivity contribution in [3.63, 3.8) is 0 Å². The Morgan fingerprint density at radius 2 is 1.28 bits per heavy atom. The molecule has 2 heterocycles. The number of aromatic nitrogens is 2. The highest BCUT2D eigenvalue weighted by atomic mass is 16.4. The van der Waals surface area contributed by atoms with E-state index in [9.17, 15) is 78.0 Å². The number of carbonyl (C=O) groups is 11. The number of rotatable bonds is 28. The van der Waals surface area contributed by atoms with Crippen molar-refractivity contribution in [2.24, 2.45) is 5.73 Å². The number of benzene rings is 3. The predicted octanol–water partition coefficient (Wildman–Crippen LogP) is -0.961. The number of amides is 9. The van der Waals surface area contributed by atoms with Crippen LogP contribution in [0, 0.1) is 0 Å². The predicted molar refractivity (Wildman–Crippen MR) is 286 cm³/mol. The molecule has 8 atom stereocenters. The molecule has 5 rings (SSSR count). The number of carboxylic acids is 2. The Kier molecular flexibility index (Phi) is 21.7. The molecule has 0 radical (unpaired) electrons. The third-order valence-electron chi connectivity index (χ3n) is 12.6. The number of carbonyl (C=O) groups excluding carboxylic acids is 9. The zero-order valence-electron chi connectivity index (χ0n) is 44.5. The van der Waals surface area contributed by atoms with E-state index in [0.717, 1.165) is 0 Å². The Labute approximate surface area is 461 Å². The van der Waals surface area contributed by atoms with Gasteiger partial charge in [0.05, 0.1) is 23.7 Å². The van der Waals surface area contributed by atoms with Gasteiger partial charge in [0.2, 0.25) is 47.3 Å². The first-order valence-corrected chi connectivity index (χ1v) is 25.4. The number of nitrogens with one attached hydrogen (secondary N) is 9. The van der Waals surface area contributed by atoms with Crippen LogP contribution in [0.15, 0.2) is 76.3 Å². The largest absolute Gasteiger partial charge is 0.508 e. The summed E-state index contributed by atoms with van der Waals surface area (Å²) in [7, 11) is 0. The van der Waals surface area contributed by atoms with E-state index in [1.165, 1.54) is 102 Å². The van der Waals surface area contributed by atoms with Gasteiger partial charge >= 0.3 is 11.9 Å². The minimum Gasteiger partial charge on any atom is -0.508 e. The Bertz CT molecular complexity index is 3220. The topological polar surface area (TPSA) is 450 Å². The first kappa shape index (κ1) is 62.1. The molecule has 0 spiro atoms. The summed E-state index contributed by atoms with van der Waals surface area (Å²) in [6.07, 6.45) is 0.496. The van der Waals surface area contributed by atoms with E-state index in [2.05, 4.69) is 52.5 Å². The summed E-state index contributed by atoms with van der Waals surface area (Å²) < 4.78 is 5.88. The number of phenols is 1. The molecular formula is C53H63N11O17. The van der Waals surface area contributed by atoms with Crippen molar-refractivity contribution in [1.82, 2.24) is 52.5 Å². The van der Waals surface area contributed by atoms with Crippen LogP contribution in [-0.2, 0) is 49.6 Å². The maximum Gasteiger partial charge on any atom is 0.336 e. The lowest BCUT2D eigenvalue weighted by Crippen LogP contribution is -2.60. The standard InChI is InChI=1S/C53H63N11O17/c1-24(46(72)59-26(3)48(74)62-38(15-16-42(69)70)51(77)63-39(19-30-22-55-23-57-30)52(78)64-44(27(4)65)45(54)71)58-47(73)25(2)60-50(76)37(61-28(5)66)8-6-7-17-56-49(75)29-9-12-33(53(79)80)36(18-29)43-34-13-10-31(67)20-40(34)81-41-21-32(68)11-14-35(41)43/h9-14,18,20-27,37-39,44,65,67H,6-8,15-17,19H2,1-5H3,(H2,54,71)(H,55,57)(H,56,75)(H,58,73)(H,59,72)(H,60,76)(H,61,66)(H,62,74)(H,63,77)(H,64,78)(H,69,70)(H,79,80)/t24-,25-,26-,27+,37-,38-,39-,44?/m1/s1. The fourth-order valence-electron chi connectivity index (χ4n) is 8.32. The Morgan fingerprint density at radius 1 is 0.679 bits per heavy atom. The van der Waals surface area contributed by atoms with E-state index in [1.54, 1.807) is 0 Å². The lowest BCUT2D eigenvalue weighted by atomic mass is 9.89. The van der Waals surface area contributed by atoms with E-state index in [4.69, 9.17) is 10.2 Å². The van der Waals surface area contributed by atoms with Gasteiger partial charge in [-0.3, -0.25) is 52.7 Å². The number of H-pyrrole nitrogens is 1. The van der Waals surface area contributed by atoms with Crippen molar-refractivity contribution in [3.05, 3.63) is 94.2 Å². The second-order valence-corrected chi connectivity index (χ2v) is 19.0. The van der Waals surface area contributed by atoms with Crippen LogP contribution in [0.4, 0.5) is 0 Å². The Hall–Kier alpha value is -9.73. The molecule has 15 N–H and O–H groups in total. The van der Waals surface area contributed by atoms with E-state index in [0.29, 0.717) is 22.9 Å². The Morgan fingerprint density at radius 3 is 1.88 bits per heavy atom. The summed E-state index contributed by atoms with van der Waals surface area (Å²) in [5, 5.41) is 59.6. The molecule has 81 heavy (non-hydrogen) atoms. The SMILES string of the molecule is CC(=O)N[C@H](CCCCNC(=O)c1ccc(C(=O)O)c(-c2c3ccc(=O)cc-3oc3cc(O)ccc23)c1)C(=O)N[C@H](C)C(=O)N[C@H](C)C(=O)N[C@H](C)C(=O)N[C@H](CCC(=O)O)C(=O)N[C@H](Cc1c[nH]cn1)C(=O)NC(C(N)=O)[C@H](C)O. The number of aliphatic hydroxyl groups is 1. The summed E-state index contributed by atoms with van der Waals surface area (Å²) in [5.41, 5.74) is 6.13. The van der Waals surface area contributed by atoms with Crippen LogP contribution in [0.3, 0.4) is 0 Å². The monoisotopic (exact) mass is 1130 g/mol. The first-order valence-electron chi connectivity index (χ1n) is 25.4. The molecule has 1 aromatic heterocycles. The summed E-state index contributed by atoms with van der Waals surface area (Å²) >= 11 is 0. The molecule has 2 aromatic carbocycles. The number of imidazole rings is 1. The normalized spacial score (nSPS) is 14.0. The summed E-state index contributed by atoms with van der Waals surface area (Å²) in [6, 6.07) is 2.40. The maximum atomic E-state index is 13.6. The molecule has 1 unspecified atom stereocenters. The molecule has 1 aliphatic heterocycles. The first-order chi connectivity index (χ1) is 38.2. The average Bonchev–Trinajstić information content (AvgIpc) is 4.09. The van der Waals surface area contributed by atoms with Crippen LogP contribution in [0.5, 0.6) is 5.75 Å². The summed E-state index contributed by atoms with van der Waals surface area (Å²) in [6.45, 7) is 6.25. The molecule has 0 saturated heterocycles. The smallest absolute Gasteiger partial charge is 0.336 e. The van der Waals surface area contributed by atoms with Gasteiger partial charge in [0, 0.05) is 66.7 Å². The minimum absolute atomic E-state index is 0.0484. The van der Waals surface area contributed by atoms with Crippen LogP contribution in [0.2, 0.25) is 0 Å². The fraction of sp³-hybridized carbons (Fsp3) is 0.377. The number of phenolic OH excluding ortho intramolecular Hbond substituents is 1. The number of aromatic amines is 1. The second-order valence-electron chi connectivity index (χ2n) is 19.0. The number of aliphatic carboxylic acids is 1. The second kappa shape index (κ2) is 28.2. The maximum absolute atomic E-state index is 13.6. The van der Waals surface area contributed by atoms with E-state index >= 15 is 0 Å². The lowest BCUT2D eigenvalue weighted by molar-refractivity contribution is -0.138. The van der Waals surface area contributed by atoms with E-state index < -0.39 is 126 Å². The summed E-state index contributed by atoms with van der Waals surface area (Å²) in [4.78, 5) is 160. The number of hydrogen-bond donors (Lipinski definition) is 14. The van der Waals surface area contributed by atoms with Gasteiger partial charge in [-0.05, 0) is 101 Å². The average molecular weight is 1130 g/mol. The third kappa shape index (κ3) is 17.4. The van der Waals surface area contributed by atoms with Crippen LogP contribution in [0.25, 0.3) is 33.4 Å². The number of fused-ring (bicyclic) bond motifs is 2. The van der Waals surface area contributed by atoms with Gasteiger partial charge in [0.25, 0.3) is 5.91 Å². The highest BCUT2D eigenvalue weighted by Crippen LogP contribution is 2.42. The number of carboxylic acid groups (broad SMARTS) is 2. The number of nitrogens with zero attached hydrogens (tertiary/aromatic N) is 1. The molecule has 432 valence electrons. The van der Waals surface area contributed by atoms with Crippen molar-refractivity contribution < 1.29 is 77.6 Å². The number of nitrogens with two attached hydrogens (primary N) is 1. The highest BCUT2D eigenvalue weighted by molar-refractivity contribution is 6.09. The number of aliphatic hydroxyl groups excluding tert-OH is 1. The Balaban J connectivity index is 1.14. The lowest BCUT2D eigenvalue weighted by Gasteiger charge is -2.26. The van der Waals surface area contributed by atoms with Crippen molar-refractivity contribution >= 4 is 76.1 Å². The molecule has 0 bridgehead atoms. The van der Waals surface area contributed by atoms with Gasteiger partial charge in [0.1, 0.15) is 59.4 Å². The highest BCUT2D eigenvalue weighted by Gasteiger charge is 2.33. The van der Waals surface area contributed by atoms with E-state index in [-0.39, 0.29) is 70.7 Å². The number of hydrogen-bond acceptors (Lipinski definition) is 16. The van der Waals surface area contributed by atoms with Gasteiger partial charge in [-0.25, -0.2) is 9.78 Å². The fourth-order valence-corrected chi connectivity index (χ4v) is 8.32. The molecular weight excluding hydrogens is 1060 g/mol. The van der Waals surface area contributed by atoms with E-state index in [1.807, 2.05) is 0 Å². The zero-order valence-corrected chi connectivity index (χ0v) is 44.5. The molecule has 1 aliphatic carbocycles. The van der Waals surface area contributed by atoms with Crippen LogP contribution >= 0.6 is 0 Å². The zero-order chi connectivity index (χ0) is 59.8. The molecule has 28 nitrogen and oxygen atoms in total. The summed E-state index contributed by atoms with van der Waals surface area (Å²) in [5.74, 6) is -10.4. The quantitative estimate of drug-likeness (QED) is 0.0212. The molecule has 9 amide bonds. The van der Waals surface area contributed by atoms with Gasteiger partial charge < -0.3 is 78.1 Å². The van der Waals surface area contributed by atoms with Crippen LogP contribution < -0.4 is 53.7 Å². The molecule has 0 fully saturated rings. The van der Waals surface area contributed by atoms with Gasteiger partial charge in [0.15, 0.2) is 5.43 Å². The van der Waals surface area contributed by atoms with Crippen molar-refractivity contribution in [3.8, 4) is 28.2 Å². The number of primary amides is 1. The van der Waals surface area contributed by atoms with Crippen molar-refractivity contribution in [2.45, 2.75) is 122 Å². The van der Waals surface area contributed by atoms with Crippen molar-refractivity contribution in [2.75, 3.05) is 6.54 Å². The number of aromatic carboxylic acids is 1. The molecule has 0 saturated carbocycles. The van der Waals surface area contributed by atoms with Crippen LogP contribution in [-0.4, -0.2) is 150 Å². The minimum atomic E-state index is -1.60. The molecule has 28 heteroatoms. The number of aromatic hydroxyl groups is 1. The third-order valence-corrected chi connectivity index (χ3v) is 12.6. The number of unbranched alkanes of at least 4 members (excludes halogenated alkanes) is 1. The van der Waals surface area contributed by atoms with Gasteiger partial charge in [-0.1, -0.05) is 0 Å². The van der Waals surface area contributed by atoms with Crippen molar-refractivity contribution in [1.29, 1.82) is 0 Å². The van der Waals surface area contributed by atoms with Gasteiger partial charge in [-0.15, -0.1) is 0 Å². The van der Waals surface area contributed by atoms with Crippen LogP contribution in [0.1, 0.15) is 93.1 Å². The molecule has 2 aliphatic rings.